The minimum Gasteiger partial charge on any atom is -0.355 e. The Morgan fingerprint density at radius 2 is 1.64 bits per heavy atom. The summed E-state index contributed by atoms with van der Waals surface area (Å²) in [6.45, 7) is 8.36. The average molecular weight is 522 g/mol. The molecule has 2 rings (SSSR count). The van der Waals surface area contributed by atoms with Crippen molar-refractivity contribution >= 4 is 39.8 Å². The molecule has 1 aromatic rings. The SMILES string of the molecule is CN=C(NCc1ccc(CS(C)(=O)=O)cc1)NCC(C)(C)N1CCCCC1.I. The third-order valence-corrected chi connectivity index (χ3v) is 5.89. The zero-order valence-electron chi connectivity index (χ0n) is 17.5. The molecule has 0 unspecified atom stereocenters. The van der Waals surface area contributed by atoms with E-state index in [1.54, 1.807) is 7.05 Å². The predicted molar refractivity (Wildman–Crippen MR) is 128 cm³/mol. The van der Waals surface area contributed by atoms with E-state index in [1.807, 2.05) is 24.3 Å². The van der Waals surface area contributed by atoms with E-state index in [-0.39, 0.29) is 35.3 Å². The quantitative estimate of drug-likeness (QED) is 0.328. The molecule has 1 heterocycles. The van der Waals surface area contributed by atoms with Crippen LogP contribution in [0, 0.1) is 0 Å². The molecule has 0 bridgehead atoms. The molecule has 8 heteroatoms. The van der Waals surface area contributed by atoms with Crippen LogP contribution in [0.1, 0.15) is 44.2 Å². The van der Waals surface area contributed by atoms with Gasteiger partial charge in [0.25, 0.3) is 0 Å². The van der Waals surface area contributed by atoms with Gasteiger partial charge in [-0.15, -0.1) is 24.0 Å². The van der Waals surface area contributed by atoms with Gasteiger partial charge in [-0.2, -0.15) is 0 Å². The van der Waals surface area contributed by atoms with Gasteiger partial charge in [0.1, 0.15) is 0 Å². The third kappa shape index (κ3) is 8.65. The van der Waals surface area contributed by atoms with Crippen molar-refractivity contribution in [3.05, 3.63) is 35.4 Å². The van der Waals surface area contributed by atoms with Crippen LogP contribution in [0.15, 0.2) is 29.3 Å². The molecule has 1 fully saturated rings. The Hall–Kier alpha value is -0.870. The highest BCUT2D eigenvalue weighted by atomic mass is 127. The third-order valence-electron chi connectivity index (χ3n) is 5.04. The summed E-state index contributed by atoms with van der Waals surface area (Å²) in [5.41, 5.74) is 1.99. The van der Waals surface area contributed by atoms with Gasteiger partial charge >= 0.3 is 0 Å². The van der Waals surface area contributed by atoms with Gasteiger partial charge < -0.3 is 10.6 Å². The summed E-state index contributed by atoms with van der Waals surface area (Å²) < 4.78 is 22.7. The van der Waals surface area contributed by atoms with Crippen LogP contribution in [0.4, 0.5) is 0 Å². The smallest absolute Gasteiger partial charge is 0.191 e. The van der Waals surface area contributed by atoms with E-state index >= 15 is 0 Å². The fraction of sp³-hybridized carbons (Fsp3) is 0.650. The molecule has 160 valence electrons. The number of piperidine rings is 1. The summed E-state index contributed by atoms with van der Waals surface area (Å²) in [7, 11) is -1.22. The Morgan fingerprint density at radius 3 is 2.18 bits per heavy atom. The molecule has 0 spiro atoms. The van der Waals surface area contributed by atoms with Crippen molar-refractivity contribution in [2.75, 3.05) is 32.9 Å². The zero-order valence-corrected chi connectivity index (χ0v) is 20.6. The van der Waals surface area contributed by atoms with Gasteiger partial charge in [-0.1, -0.05) is 30.7 Å². The maximum atomic E-state index is 11.4. The number of sulfone groups is 1. The molecule has 0 atom stereocenters. The Balaban J connectivity index is 0.00000392. The summed E-state index contributed by atoms with van der Waals surface area (Å²) in [6, 6.07) is 7.65. The predicted octanol–water partition coefficient (Wildman–Crippen LogP) is 2.78. The van der Waals surface area contributed by atoms with Crippen LogP contribution in [-0.2, 0) is 22.1 Å². The van der Waals surface area contributed by atoms with E-state index in [2.05, 4.69) is 34.4 Å². The van der Waals surface area contributed by atoms with Crippen molar-refractivity contribution in [3.63, 3.8) is 0 Å². The topological polar surface area (TPSA) is 73.8 Å². The lowest BCUT2D eigenvalue weighted by atomic mass is 9.98. The fourth-order valence-electron chi connectivity index (χ4n) is 3.37. The summed E-state index contributed by atoms with van der Waals surface area (Å²) in [4.78, 5) is 6.87. The van der Waals surface area contributed by atoms with Crippen LogP contribution < -0.4 is 10.6 Å². The number of halogens is 1. The minimum atomic E-state index is -3.00. The van der Waals surface area contributed by atoms with Crippen molar-refractivity contribution < 1.29 is 8.42 Å². The molecular formula is C20H35IN4O2S. The largest absolute Gasteiger partial charge is 0.355 e. The maximum absolute atomic E-state index is 11.4. The minimum absolute atomic E-state index is 0. The molecule has 0 aliphatic carbocycles. The number of hydrogen-bond acceptors (Lipinski definition) is 4. The van der Waals surface area contributed by atoms with E-state index in [1.165, 1.54) is 38.6 Å². The highest BCUT2D eigenvalue weighted by Gasteiger charge is 2.27. The molecule has 2 N–H and O–H groups in total. The molecule has 0 radical (unpaired) electrons. The van der Waals surface area contributed by atoms with Crippen LogP contribution in [0.3, 0.4) is 0 Å². The Labute approximate surface area is 187 Å². The first kappa shape index (κ1) is 25.2. The first-order valence-electron chi connectivity index (χ1n) is 9.65. The number of guanidine groups is 1. The summed E-state index contributed by atoms with van der Waals surface area (Å²) in [5, 5.41) is 6.77. The van der Waals surface area contributed by atoms with Crippen LogP contribution in [0.25, 0.3) is 0 Å². The van der Waals surface area contributed by atoms with Gasteiger partial charge in [-0.05, 0) is 50.9 Å². The van der Waals surface area contributed by atoms with Crippen molar-refractivity contribution in [2.45, 2.75) is 50.9 Å². The second kappa shape index (κ2) is 11.3. The molecule has 0 aromatic heterocycles. The second-order valence-corrected chi connectivity index (χ2v) is 10.2. The van der Waals surface area contributed by atoms with Crippen molar-refractivity contribution in [2.24, 2.45) is 4.99 Å². The van der Waals surface area contributed by atoms with Gasteiger partial charge in [0, 0.05) is 31.9 Å². The molecular weight excluding hydrogens is 487 g/mol. The van der Waals surface area contributed by atoms with Crippen LogP contribution in [-0.4, -0.2) is 57.8 Å². The zero-order chi connectivity index (χ0) is 19.9. The van der Waals surface area contributed by atoms with E-state index in [4.69, 9.17) is 0 Å². The highest BCUT2D eigenvalue weighted by molar-refractivity contribution is 14.0. The van der Waals surface area contributed by atoms with Crippen molar-refractivity contribution in [3.8, 4) is 0 Å². The number of benzene rings is 1. The number of nitrogens with one attached hydrogen (secondary N) is 2. The van der Waals surface area contributed by atoms with Gasteiger partial charge in [0.2, 0.25) is 0 Å². The number of rotatable bonds is 7. The van der Waals surface area contributed by atoms with Gasteiger partial charge in [0.15, 0.2) is 15.8 Å². The lowest BCUT2D eigenvalue weighted by Crippen LogP contribution is -2.54. The summed E-state index contributed by atoms with van der Waals surface area (Å²) in [6.07, 6.45) is 5.16. The molecule has 0 saturated carbocycles. The normalized spacial score (nSPS) is 16.4. The monoisotopic (exact) mass is 522 g/mol. The number of hydrogen-bond donors (Lipinski definition) is 2. The Bertz CT molecular complexity index is 727. The van der Waals surface area contributed by atoms with Gasteiger partial charge in [-0.25, -0.2) is 8.42 Å². The number of aliphatic imine (C=N–C) groups is 1. The van der Waals surface area contributed by atoms with Crippen molar-refractivity contribution in [1.82, 2.24) is 15.5 Å². The van der Waals surface area contributed by atoms with Crippen LogP contribution >= 0.6 is 24.0 Å². The first-order chi connectivity index (χ1) is 12.7. The number of likely N-dealkylation sites (tertiary alicyclic amines) is 1. The molecule has 1 aliphatic heterocycles. The standard InChI is InChI=1S/C20H34N4O2S.HI/c1-20(2,24-12-6-5-7-13-24)16-23-19(21-3)22-14-17-8-10-18(11-9-17)15-27(4,25)26;/h8-11H,5-7,12-16H2,1-4H3,(H2,21,22,23);1H. The summed E-state index contributed by atoms with van der Waals surface area (Å²) in [5.74, 6) is 0.857. The van der Waals surface area contributed by atoms with E-state index in [0.29, 0.717) is 6.54 Å². The molecule has 6 nitrogen and oxygen atoms in total. The van der Waals surface area contributed by atoms with E-state index in [9.17, 15) is 8.42 Å². The van der Waals surface area contributed by atoms with Gasteiger partial charge in [0.05, 0.1) is 5.75 Å². The van der Waals surface area contributed by atoms with Crippen LogP contribution in [0.2, 0.25) is 0 Å². The van der Waals surface area contributed by atoms with E-state index in [0.717, 1.165) is 23.6 Å². The fourth-order valence-corrected chi connectivity index (χ4v) is 4.17. The second-order valence-electron chi connectivity index (χ2n) is 8.03. The summed E-state index contributed by atoms with van der Waals surface area (Å²) >= 11 is 0. The van der Waals surface area contributed by atoms with Crippen molar-refractivity contribution in [1.29, 1.82) is 0 Å². The van der Waals surface area contributed by atoms with Gasteiger partial charge in [-0.3, -0.25) is 9.89 Å². The molecule has 0 amide bonds. The lowest BCUT2D eigenvalue weighted by molar-refractivity contribution is 0.0982. The molecule has 28 heavy (non-hydrogen) atoms. The molecule has 1 aliphatic rings. The Kier molecular flexibility index (Phi) is 10.2. The molecule has 1 saturated heterocycles. The average Bonchev–Trinajstić information content (AvgIpc) is 2.62. The lowest BCUT2D eigenvalue weighted by Gasteiger charge is -2.41. The highest BCUT2D eigenvalue weighted by Crippen LogP contribution is 2.19. The maximum Gasteiger partial charge on any atom is 0.191 e. The van der Waals surface area contributed by atoms with Crippen LogP contribution in [0.5, 0.6) is 0 Å². The number of nitrogens with zero attached hydrogens (tertiary/aromatic N) is 2. The Morgan fingerprint density at radius 1 is 1.07 bits per heavy atom. The first-order valence-corrected chi connectivity index (χ1v) is 11.7. The molecule has 1 aromatic carbocycles. The van der Waals surface area contributed by atoms with E-state index < -0.39 is 9.84 Å².